The molecule has 2 N–H and O–H groups in total. The standard InChI is InChI=1S/C43H48O9.C2H6/c1-46-42-40(45)37(24-44)52-43(42)51-30-39(49-27-32-15-7-3-8-16-32)41(50-28-33-17-9-4-10-18-33)38(48-26-31-13-5-2-6-14-31)29-47-25-34-21-22-35-19-11-12-20-36(35)23-34;1-2/h2-23,37-45H,24-30H2,1H3;1-2H3. The molecule has 0 saturated carbocycles. The topological polar surface area (TPSA) is 105 Å². The van der Waals surface area contributed by atoms with Gasteiger partial charge >= 0.3 is 0 Å². The lowest BCUT2D eigenvalue weighted by Crippen LogP contribution is -2.48. The third-order valence-electron chi connectivity index (χ3n) is 9.17. The van der Waals surface area contributed by atoms with Crippen LogP contribution in [0.3, 0.4) is 0 Å². The summed E-state index contributed by atoms with van der Waals surface area (Å²) in [5.74, 6) is 0. The lowest BCUT2D eigenvalue weighted by atomic mass is 10.1. The SMILES string of the molecule is CC.COC1C(OCC(OCc2ccccc2)C(OCc2ccccc2)C(COCc2ccc3ccccc3c2)OCc2ccccc2)OC(CO)C1O. The molecule has 5 aromatic rings. The first-order valence-corrected chi connectivity index (χ1v) is 18.7. The second-order valence-corrected chi connectivity index (χ2v) is 12.9. The van der Waals surface area contributed by atoms with E-state index in [9.17, 15) is 10.2 Å². The largest absolute Gasteiger partial charge is 0.394 e. The average Bonchev–Trinajstić information content (AvgIpc) is 3.55. The van der Waals surface area contributed by atoms with Gasteiger partial charge in [0, 0.05) is 7.11 Å². The molecule has 1 fully saturated rings. The van der Waals surface area contributed by atoms with Gasteiger partial charge in [-0.1, -0.05) is 141 Å². The van der Waals surface area contributed by atoms with Crippen LogP contribution in [0.25, 0.3) is 10.8 Å². The Labute approximate surface area is 319 Å². The van der Waals surface area contributed by atoms with Gasteiger partial charge in [-0.3, -0.25) is 0 Å². The molecule has 9 heteroatoms. The van der Waals surface area contributed by atoms with Crippen LogP contribution in [-0.2, 0) is 59.6 Å². The van der Waals surface area contributed by atoms with Crippen molar-refractivity contribution in [2.75, 3.05) is 26.9 Å². The minimum atomic E-state index is -1.06. The zero-order valence-electron chi connectivity index (χ0n) is 31.4. The highest BCUT2D eigenvalue weighted by atomic mass is 16.7. The van der Waals surface area contributed by atoms with Crippen LogP contribution in [0.4, 0.5) is 0 Å². The molecule has 6 rings (SSSR count). The number of rotatable bonds is 20. The van der Waals surface area contributed by atoms with Crippen molar-refractivity contribution < 1.29 is 43.4 Å². The molecule has 1 heterocycles. The van der Waals surface area contributed by atoms with Crippen molar-refractivity contribution in [1.29, 1.82) is 0 Å². The highest BCUT2D eigenvalue weighted by Crippen LogP contribution is 2.27. The number of fused-ring (bicyclic) bond motifs is 1. The molecule has 1 saturated heterocycles. The maximum atomic E-state index is 10.7. The summed E-state index contributed by atoms with van der Waals surface area (Å²) >= 11 is 0. The monoisotopic (exact) mass is 738 g/mol. The Morgan fingerprint density at radius 1 is 0.593 bits per heavy atom. The van der Waals surface area contributed by atoms with Crippen molar-refractivity contribution in [2.45, 2.75) is 83.2 Å². The number of hydrogen-bond donors (Lipinski definition) is 2. The molecule has 7 atom stereocenters. The predicted octanol–water partition coefficient (Wildman–Crippen LogP) is 7.25. The van der Waals surface area contributed by atoms with Gasteiger partial charge in [-0.15, -0.1) is 0 Å². The highest BCUT2D eigenvalue weighted by molar-refractivity contribution is 5.82. The van der Waals surface area contributed by atoms with Crippen LogP contribution in [0, 0.1) is 0 Å². The first kappa shape index (κ1) is 41.2. The number of hydrogen-bond acceptors (Lipinski definition) is 9. The van der Waals surface area contributed by atoms with E-state index in [0.29, 0.717) is 19.8 Å². The number of aliphatic hydroxyl groups is 2. The van der Waals surface area contributed by atoms with Crippen LogP contribution in [0.15, 0.2) is 133 Å². The van der Waals surface area contributed by atoms with Crippen LogP contribution < -0.4 is 0 Å². The minimum absolute atomic E-state index is 0.0115. The number of ether oxygens (including phenoxy) is 7. The maximum absolute atomic E-state index is 10.7. The van der Waals surface area contributed by atoms with Gasteiger partial charge in [0.25, 0.3) is 0 Å². The maximum Gasteiger partial charge on any atom is 0.187 e. The molecular weight excluding hydrogens is 684 g/mol. The van der Waals surface area contributed by atoms with Gasteiger partial charge < -0.3 is 43.4 Å². The fourth-order valence-electron chi connectivity index (χ4n) is 6.30. The summed E-state index contributed by atoms with van der Waals surface area (Å²) in [6.45, 7) is 5.11. The Balaban J connectivity index is 0.00000276. The van der Waals surface area contributed by atoms with Crippen LogP contribution >= 0.6 is 0 Å². The molecule has 0 spiro atoms. The number of aliphatic hydroxyl groups excluding tert-OH is 2. The Bertz CT molecular complexity index is 1740. The lowest BCUT2D eigenvalue weighted by molar-refractivity contribution is -0.220. The van der Waals surface area contributed by atoms with Gasteiger partial charge in [0.2, 0.25) is 0 Å². The molecule has 5 aromatic carbocycles. The van der Waals surface area contributed by atoms with Crippen LogP contribution in [0.2, 0.25) is 0 Å². The van der Waals surface area contributed by atoms with E-state index in [1.54, 1.807) is 0 Å². The fourth-order valence-corrected chi connectivity index (χ4v) is 6.30. The van der Waals surface area contributed by atoms with Crippen molar-refractivity contribution in [3.05, 3.63) is 156 Å². The summed E-state index contributed by atoms with van der Waals surface area (Å²) < 4.78 is 44.2. The van der Waals surface area contributed by atoms with E-state index in [0.717, 1.165) is 27.6 Å². The molecule has 7 unspecified atom stereocenters. The summed E-state index contributed by atoms with van der Waals surface area (Å²) in [6, 6.07) is 44.4. The van der Waals surface area contributed by atoms with E-state index in [1.807, 2.05) is 117 Å². The van der Waals surface area contributed by atoms with Crippen molar-refractivity contribution in [3.63, 3.8) is 0 Å². The zero-order valence-corrected chi connectivity index (χ0v) is 31.4. The van der Waals surface area contributed by atoms with E-state index in [-0.39, 0.29) is 26.4 Å². The summed E-state index contributed by atoms with van der Waals surface area (Å²) in [7, 11) is 1.48. The molecule has 0 amide bonds. The molecule has 9 nitrogen and oxygen atoms in total. The van der Waals surface area contributed by atoms with E-state index in [2.05, 4.69) is 30.3 Å². The van der Waals surface area contributed by atoms with Gasteiger partial charge in [0.05, 0.1) is 46.2 Å². The van der Waals surface area contributed by atoms with E-state index in [1.165, 1.54) is 12.5 Å². The van der Waals surface area contributed by atoms with Gasteiger partial charge in [-0.25, -0.2) is 0 Å². The molecule has 288 valence electrons. The third kappa shape index (κ3) is 12.0. The Morgan fingerprint density at radius 3 is 1.67 bits per heavy atom. The van der Waals surface area contributed by atoms with Gasteiger partial charge in [-0.2, -0.15) is 0 Å². The predicted molar refractivity (Wildman–Crippen MR) is 209 cm³/mol. The number of methoxy groups -OCH3 is 1. The molecule has 0 aromatic heterocycles. The normalized spacial score (nSPS) is 19.9. The van der Waals surface area contributed by atoms with Crippen LogP contribution in [-0.4, -0.2) is 80.1 Å². The third-order valence-corrected chi connectivity index (χ3v) is 9.17. The molecule has 1 aliphatic rings. The Kier molecular flexibility index (Phi) is 17.1. The van der Waals surface area contributed by atoms with Crippen molar-refractivity contribution in [3.8, 4) is 0 Å². The van der Waals surface area contributed by atoms with Gasteiger partial charge in [-0.05, 0) is 39.1 Å². The van der Waals surface area contributed by atoms with E-state index < -0.39 is 42.9 Å². The number of benzene rings is 5. The zero-order chi connectivity index (χ0) is 38.0. The highest BCUT2D eigenvalue weighted by Gasteiger charge is 2.45. The summed E-state index contributed by atoms with van der Waals surface area (Å²) in [6.07, 6.45) is -5.58. The fraction of sp³-hybridized carbons (Fsp3) is 0.378. The molecule has 1 aliphatic heterocycles. The van der Waals surface area contributed by atoms with E-state index >= 15 is 0 Å². The van der Waals surface area contributed by atoms with E-state index in [4.69, 9.17) is 33.2 Å². The van der Waals surface area contributed by atoms with Crippen molar-refractivity contribution in [2.24, 2.45) is 0 Å². The molecule has 0 bridgehead atoms. The quantitative estimate of drug-likeness (QED) is 0.0855. The van der Waals surface area contributed by atoms with Gasteiger partial charge in [0.1, 0.15) is 36.6 Å². The average molecular weight is 739 g/mol. The lowest BCUT2D eigenvalue weighted by Gasteiger charge is -2.34. The molecule has 0 radical (unpaired) electrons. The minimum Gasteiger partial charge on any atom is -0.394 e. The smallest absolute Gasteiger partial charge is 0.187 e. The van der Waals surface area contributed by atoms with Gasteiger partial charge in [0.15, 0.2) is 6.29 Å². The second kappa shape index (κ2) is 22.4. The molecular formula is C45H54O9. The molecule has 0 aliphatic carbocycles. The van der Waals surface area contributed by atoms with Crippen LogP contribution in [0.1, 0.15) is 36.1 Å². The Hall–Kier alpha value is -4.00. The summed E-state index contributed by atoms with van der Waals surface area (Å²) in [5, 5.41) is 22.8. The Morgan fingerprint density at radius 2 is 1.11 bits per heavy atom. The van der Waals surface area contributed by atoms with Crippen molar-refractivity contribution >= 4 is 10.8 Å². The second-order valence-electron chi connectivity index (χ2n) is 12.9. The first-order chi connectivity index (χ1) is 26.6. The summed E-state index contributed by atoms with van der Waals surface area (Å²) in [4.78, 5) is 0. The first-order valence-electron chi connectivity index (χ1n) is 18.7. The summed E-state index contributed by atoms with van der Waals surface area (Å²) in [5.41, 5.74) is 4.02. The van der Waals surface area contributed by atoms with Crippen LogP contribution in [0.5, 0.6) is 0 Å². The van der Waals surface area contributed by atoms with Crippen molar-refractivity contribution in [1.82, 2.24) is 0 Å². The molecule has 54 heavy (non-hydrogen) atoms.